The summed E-state index contributed by atoms with van der Waals surface area (Å²) in [6, 6.07) is 6.14. The monoisotopic (exact) mass is 427 g/mol. The molecule has 2 fully saturated rings. The van der Waals surface area contributed by atoms with Crippen LogP contribution in [0.25, 0.3) is 0 Å². The van der Waals surface area contributed by atoms with E-state index in [1.54, 1.807) is 12.1 Å². The lowest BCUT2D eigenvalue weighted by molar-refractivity contribution is -0.123. The second-order valence-corrected chi connectivity index (χ2v) is 8.87. The van der Waals surface area contributed by atoms with Gasteiger partial charge < -0.3 is 19.5 Å². The summed E-state index contributed by atoms with van der Waals surface area (Å²) in [5.41, 5.74) is 0. The molecule has 1 N–H and O–H groups in total. The molecule has 2 heterocycles. The Morgan fingerprint density at radius 2 is 1.62 bits per heavy atom. The largest absolute Gasteiger partial charge is 0.484 e. The van der Waals surface area contributed by atoms with Crippen LogP contribution in [0.3, 0.4) is 0 Å². The second-order valence-electron chi connectivity index (χ2n) is 6.93. The first-order valence-electron chi connectivity index (χ1n) is 9.93. The number of carbonyl (C=O) groups excluding carboxylic acids is 1. The summed E-state index contributed by atoms with van der Waals surface area (Å²) in [6.07, 6.45) is 0.875. The maximum absolute atomic E-state index is 12.6. The summed E-state index contributed by atoms with van der Waals surface area (Å²) in [6.45, 7) is 6.36. The molecule has 1 amide bonds. The smallest absolute Gasteiger partial charge is 0.257 e. The predicted octanol–water partition coefficient (Wildman–Crippen LogP) is -0.0752. The van der Waals surface area contributed by atoms with Crippen LogP contribution in [0.1, 0.15) is 6.42 Å². The van der Waals surface area contributed by atoms with Crippen LogP contribution < -0.4 is 10.1 Å². The van der Waals surface area contributed by atoms with E-state index in [0.29, 0.717) is 38.6 Å². The van der Waals surface area contributed by atoms with Gasteiger partial charge in [0.05, 0.1) is 31.3 Å². The predicted molar refractivity (Wildman–Crippen MR) is 106 cm³/mol. The molecule has 2 aliphatic heterocycles. The lowest BCUT2D eigenvalue weighted by Gasteiger charge is -2.26. The van der Waals surface area contributed by atoms with Gasteiger partial charge >= 0.3 is 0 Å². The van der Waals surface area contributed by atoms with E-state index in [-0.39, 0.29) is 17.4 Å². The molecule has 0 aliphatic carbocycles. The van der Waals surface area contributed by atoms with E-state index in [1.807, 2.05) is 0 Å². The molecule has 3 rings (SSSR count). The Labute approximate surface area is 171 Å². The molecule has 0 atom stereocenters. The third kappa shape index (κ3) is 6.65. The van der Waals surface area contributed by atoms with E-state index in [1.165, 1.54) is 16.4 Å². The van der Waals surface area contributed by atoms with Gasteiger partial charge in [-0.2, -0.15) is 4.31 Å². The van der Waals surface area contributed by atoms with Gasteiger partial charge in [-0.05, 0) is 37.2 Å². The van der Waals surface area contributed by atoms with E-state index in [9.17, 15) is 13.2 Å². The number of morpholine rings is 2. The number of nitrogens with one attached hydrogen (secondary N) is 1. The average Bonchev–Trinajstić information content (AvgIpc) is 2.77. The highest BCUT2D eigenvalue weighted by atomic mass is 32.2. The fraction of sp³-hybridized carbons (Fsp3) is 0.632. The molecule has 0 unspecified atom stereocenters. The summed E-state index contributed by atoms with van der Waals surface area (Å²) in [5.74, 6) is 0.256. The van der Waals surface area contributed by atoms with E-state index >= 15 is 0 Å². The molecule has 0 spiro atoms. The van der Waals surface area contributed by atoms with Gasteiger partial charge in [-0.3, -0.25) is 9.69 Å². The molecule has 29 heavy (non-hydrogen) atoms. The van der Waals surface area contributed by atoms with Crippen molar-refractivity contribution in [3.05, 3.63) is 24.3 Å². The van der Waals surface area contributed by atoms with Gasteiger partial charge in [0, 0.05) is 32.7 Å². The normalized spacial score (nSPS) is 19.0. The highest BCUT2D eigenvalue weighted by Crippen LogP contribution is 2.20. The summed E-state index contributed by atoms with van der Waals surface area (Å²) in [4.78, 5) is 14.4. The van der Waals surface area contributed by atoms with Crippen LogP contribution in [-0.2, 0) is 24.3 Å². The third-order valence-corrected chi connectivity index (χ3v) is 6.79. The van der Waals surface area contributed by atoms with Crippen molar-refractivity contribution in [3.63, 3.8) is 0 Å². The zero-order valence-electron chi connectivity index (χ0n) is 16.5. The SMILES string of the molecule is O=C(COc1ccc(S(=O)(=O)N2CCOCC2)cc1)NCCCN1CCOCC1. The number of ether oxygens (including phenoxy) is 3. The van der Waals surface area contributed by atoms with Crippen LogP contribution in [-0.4, -0.2) is 95.8 Å². The standard InChI is InChI=1S/C19H29N3O6S/c23-19(20-6-1-7-21-8-12-26-13-9-21)16-28-17-2-4-18(5-3-17)29(24,25)22-10-14-27-15-11-22/h2-5H,1,6-16H2,(H,20,23). The Morgan fingerprint density at radius 3 is 2.28 bits per heavy atom. The molecule has 1 aromatic rings. The van der Waals surface area contributed by atoms with E-state index in [2.05, 4.69) is 10.2 Å². The Balaban J connectivity index is 1.37. The molecule has 0 aromatic heterocycles. The Morgan fingerprint density at radius 1 is 1.00 bits per heavy atom. The minimum absolute atomic E-state index is 0.104. The number of carbonyl (C=O) groups is 1. The van der Waals surface area contributed by atoms with Crippen LogP contribution in [0, 0.1) is 0 Å². The summed E-state index contributed by atoms with van der Waals surface area (Å²) in [5, 5.41) is 2.83. The number of rotatable bonds is 9. The first kappa shape index (κ1) is 22.0. The molecule has 0 bridgehead atoms. The van der Waals surface area contributed by atoms with Crippen molar-refractivity contribution < 1.29 is 27.4 Å². The minimum Gasteiger partial charge on any atom is -0.484 e. The summed E-state index contributed by atoms with van der Waals surface area (Å²) in [7, 11) is -3.53. The van der Waals surface area contributed by atoms with Gasteiger partial charge in [0.1, 0.15) is 5.75 Å². The molecular weight excluding hydrogens is 398 g/mol. The van der Waals surface area contributed by atoms with Gasteiger partial charge in [0.2, 0.25) is 10.0 Å². The van der Waals surface area contributed by atoms with E-state index in [4.69, 9.17) is 14.2 Å². The summed E-state index contributed by atoms with van der Waals surface area (Å²) >= 11 is 0. The van der Waals surface area contributed by atoms with Crippen molar-refractivity contribution in [3.8, 4) is 5.75 Å². The Bertz CT molecular complexity index is 744. The fourth-order valence-electron chi connectivity index (χ4n) is 3.20. The molecule has 9 nitrogen and oxygen atoms in total. The number of nitrogens with zero attached hydrogens (tertiary/aromatic N) is 2. The maximum atomic E-state index is 12.6. The highest BCUT2D eigenvalue weighted by molar-refractivity contribution is 7.89. The van der Waals surface area contributed by atoms with Crippen LogP contribution >= 0.6 is 0 Å². The molecule has 0 saturated carbocycles. The van der Waals surface area contributed by atoms with Crippen molar-refractivity contribution in [2.24, 2.45) is 0 Å². The van der Waals surface area contributed by atoms with Crippen molar-refractivity contribution in [2.45, 2.75) is 11.3 Å². The molecule has 2 aliphatic rings. The number of hydrogen-bond acceptors (Lipinski definition) is 7. The van der Waals surface area contributed by atoms with Crippen molar-refractivity contribution in [2.75, 3.05) is 72.3 Å². The van der Waals surface area contributed by atoms with Crippen LogP contribution in [0.5, 0.6) is 5.75 Å². The minimum atomic E-state index is -3.53. The number of sulfonamides is 1. The van der Waals surface area contributed by atoms with Gasteiger partial charge in [0.25, 0.3) is 5.91 Å². The molecule has 10 heteroatoms. The highest BCUT2D eigenvalue weighted by Gasteiger charge is 2.26. The van der Waals surface area contributed by atoms with Gasteiger partial charge in [-0.1, -0.05) is 0 Å². The van der Waals surface area contributed by atoms with Crippen LogP contribution in [0.15, 0.2) is 29.2 Å². The quantitative estimate of drug-likeness (QED) is 0.551. The first-order valence-corrected chi connectivity index (χ1v) is 11.4. The number of benzene rings is 1. The Hall–Kier alpha value is -1.72. The summed E-state index contributed by atoms with van der Waals surface area (Å²) < 4.78 is 42.5. The van der Waals surface area contributed by atoms with Gasteiger partial charge in [-0.25, -0.2) is 8.42 Å². The van der Waals surface area contributed by atoms with Crippen LogP contribution in [0.4, 0.5) is 0 Å². The van der Waals surface area contributed by atoms with Gasteiger partial charge in [0.15, 0.2) is 6.61 Å². The van der Waals surface area contributed by atoms with Crippen molar-refractivity contribution in [1.29, 1.82) is 0 Å². The zero-order chi connectivity index (χ0) is 20.5. The molecular formula is C19H29N3O6S. The molecule has 0 radical (unpaired) electrons. The zero-order valence-corrected chi connectivity index (χ0v) is 17.4. The van der Waals surface area contributed by atoms with E-state index < -0.39 is 10.0 Å². The lowest BCUT2D eigenvalue weighted by atomic mass is 10.3. The molecule has 162 valence electrons. The lowest BCUT2D eigenvalue weighted by Crippen LogP contribution is -2.40. The molecule has 1 aromatic carbocycles. The van der Waals surface area contributed by atoms with Crippen molar-refractivity contribution >= 4 is 15.9 Å². The topological polar surface area (TPSA) is 97.4 Å². The molecule has 2 saturated heterocycles. The number of amides is 1. The maximum Gasteiger partial charge on any atom is 0.257 e. The van der Waals surface area contributed by atoms with Crippen molar-refractivity contribution in [1.82, 2.24) is 14.5 Å². The van der Waals surface area contributed by atoms with E-state index in [0.717, 1.165) is 39.3 Å². The second kappa shape index (κ2) is 10.9. The first-order chi connectivity index (χ1) is 14.1. The Kier molecular flexibility index (Phi) is 8.25. The van der Waals surface area contributed by atoms with Crippen LogP contribution in [0.2, 0.25) is 0 Å². The fourth-order valence-corrected chi connectivity index (χ4v) is 4.61. The number of hydrogen-bond donors (Lipinski definition) is 1. The van der Waals surface area contributed by atoms with Gasteiger partial charge in [-0.15, -0.1) is 0 Å². The average molecular weight is 428 g/mol. The third-order valence-electron chi connectivity index (χ3n) is 4.88.